The molecule has 0 heterocycles. The first-order valence-electron chi connectivity index (χ1n) is 18.5. The van der Waals surface area contributed by atoms with Crippen molar-refractivity contribution in [2.24, 2.45) is 0 Å². The van der Waals surface area contributed by atoms with Crippen molar-refractivity contribution in [2.75, 3.05) is 9.80 Å². The van der Waals surface area contributed by atoms with Crippen LogP contribution >= 0.6 is 0 Å². The Morgan fingerprint density at radius 3 is 1.08 bits per heavy atom. The predicted molar refractivity (Wildman–Crippen MR) is 221 cm³/mol. The van der Waals surface area contributed by atoms with Gasteiger partial charge in [0.05, 0.1) is 0 Å². The Labute approximate surface area is 314 Å². The van der Waals surface area contributed by atoms with Crippen molar-refractivity contribution in [2.45, 2.75) is 45.9 Å². The minimum Gasteiger partial charge on any atom is -0.363 e. The minimum absolute atomic E-state index is 0.00723. The number of benzene rings is 7. The average Bonchev–Trinajstić information content (AvgIpc) is 3.20. The van der Waals surface area contributed by atoms with Crippen LogP contribution in [0.25, 0.3) is 0 Å². The van der Waals surface area contributed by atoms with E-state index in [2.05, 4.69) is 194 Å². The lowest BCUT2D eigenvalue weighted by molar-refractivity contribution is 0.112. The molecule has 3 nitrogen and oxygen atoms in total. The van der Waals surface area contributed by atoms with Crippen molar-refractivity contribution in [1.29, 1.82) is 0 Å². The molecule has 0 N–H and O–H groups in total. The molecule has 0 unspecified atom stereocenters. The van der Waals surface area contributed by atoms with E-state index in [-0.39, 0.29) is 5.92 Å². The van der Waals surface area contributed by atoms with Crippen LogP contribution in [0.4, 0.5) is 11.4 Å². The molecule has 7 aromatic carbocycles. The van der Waals surface area contributed by atoms with E-state index in [1.807, 2.05) is 12.1 Å². The van der Waals surface area contributed by atoms with E-state index < -0.39 is 0 Å². The zero-order valence-corrected chi connectivity index (χ0v) is 30.6. The van der Waals surface area contributed by atoms with Crippen LogP contribution in [-0.4, -0.2) is 6.29 Å². The fourth-order valence-electron chi connectivity index (χ4n) is 7.35. The van der Waals surface area contributed by atoms with E-state index in [9.17, 15) is 4.79 Å². The van der Waals surface area contributed by atoms with Gasteiger partial charge in [0.25, 0.3) is 0 Å². The van der Waals surface area contributed by atoms with Gasteiger partial charge in [-0.3, -0.25) is 4.79 Å². The van der Waals surface area contributed by atoms with Gasteiger partial charge in [-0.15, -0.1) is 0 Å². The van der Waals surface area contributed by atoms with E-state index >= 15 is 0 Å². The van der Waals surface area contributed by atoms with Crippen molar-refractivity contribution in [3.63, 3.8) is 0 Å². The van der Waals surface area contributed by atoms with Crippen molar-refractivity contribution in [1.82, 2.24) is 0 Å². The lowest BCUT2D eigenvalue weighted by Gasteiger charge is -2.29. The Morgan fingerprint density at radius 2 is 0.774 bits per heavy atom. The summed E-state index contributed by atoms with van der Waals surface area (Å²) in [5.74, 6) is -0.00723. The predicted octanol–water partition coefficient (Wildman–Crippen LogP) is 11.7. The van der Waals surface area contributed by atoms with Gasteiger partial charge in [-0.05, 0) is 88.2 Å². The second-order valence-corrected chi connectivity index (χ2v) is 14.0. The lowest BCUT2D eigenvalue weighted by Crippen LogP contribution is -2.22. The van der Waals surface area contributed by atoms with Gasteiger partial charge in [0.2, 0.25) is 0 Å². The van der Waals surface area contributed by atoms with Crippen LogP contribution in [0.15, 0.2) is 182 Å². The molecule has 0 aliphatic carbocycles. The van der Waals surface area contributed by atoms with Crippen LogP contribution < -0.4 is 9.80 Å². The molecule has 0 aliphatic rings. The molecule has 3 heteroatoms. The molecule has 262 valence electrons. The fraction of sp³-hybridized carbons (Fsp3) is 0.140. The van der Waals surface area contributed by atoms with E-state index in [0.717, 1.165) is 38.0 Å². The van der Waals surface area contributed by atoms with Gasteiger partial charge < -0.3 is 9.80 Å². The maximum Gasteiger partial charge on any atom is 0.150 e. The number of aryl methyl sites for hydroxylation is 2. The highest BCUT2D eigenvalue weighted by atomic mass is 16.1. The Hall–Kier alpha value is -6.19. The number of carbonyl (C=O) groups is 1. The summed E-state index contributed by atoms with van der Waals surface area (Å²) >= 11 is 0. The summed E-state index contributed by atoms with van der Waals surface area (Å²) in [6.07, 6.45) is 0.918. The third-order valence-electron chi connectivity index (χ3n) is 10.1. The first-order chi connectivity index (χ1) is 26.0. The summed E-state index contributed by atoms with van der Waals surface area (Å²) in [4.78, 5) is 16.6. The molecular formula is C50H46N2O. The second-order valence-electron chi connectivity index (χ2n) is 14.0. The first-order valence-corrected chi connectivity index (χ1v) is 18.5. The van der Waals surface area contributed by atoms with Crippen molar-refractivity contribution in [3.05, 3.63) is 238 Å². The Morgan fingerprint density at radius 1 is 0.434 bits per heavy atom. The van der Waals surface area contributed by atoms with E-state index in [4.69, 9.17) is 0 Å². The Kier molecular flexibility index (Phi) is 11.2. The minimum atomic E-state index is -0.00723. The van der Waals surface area contributed by atoms with E-state index in [0.29, 0.717) is 5.56 Å². The second kappa shape index (κ2) is 16.9. The summed E-state index contributed by atoms with van der Waals surface area (Å²) in [7, 11) is 0. The molecule has 7 aromatic rings. The van der Waals surface area contributed by atoms with Crippen molar-refractivity contribution < 1.29 is 4.79 Å². The normalized spacial score (nSPS) is 11.0. The summed E-state index contributed by atoms with van der Waals surface area (Å²) in [6, 6.07) is 64.8. The fourth-order valence-corrected chi connectivity index (χ4v) is 7.35. The molecule has 0 bridgehead atoms. The molecule has 0 spiro atoms. The zero-order valence-electron chi connectivity index (χ0n) is 30.6. The molecule has 0 aliphatic heterocycles. The molecule has 7 rings (SSSR count). The molecule has 0 saturated carbocycles. The van der Waals surface area contributed by atoms with Gasteiger partial charge in [-0.25, -0.2) is 0 Å². The molecule has 53 heavy (non-hydrogen) atoms. The van der Waals surface area contributed by atoms with Gasteiger partial charge in [0.15, 0.2) is 0 Å². The quantitative estimate of drug-likeness (QED) is 0.0838. The molecule has 0 atom stereocenters. The van der Waals surface area contributed by atoms with Crippen LogP contribution in [0, 0.1) is 13.8 Å². The SMILES string of the molecule is Cc1cc(N(Cc2ccccc2)Cc2ccccc2)ccc1C(c1ccc(C=O)cc1)c1ccc(N(Cc2ccccc2)Cc2ccccc2)cc1C. The number of rotatable bonds is 14. The van der Waals surface area contributed by atoms with Crippen LogP contribution in [0.2, 0.25) is 0 Å². The largest absolute Gasteiger partial charge is 0.363 e. The van der Waals surface area contributed by atoms with E-state index in [1.165, 1.54) is 55.9 Å². The molecular weight excluding hydrogens is 645 g/mol. The number of hydrogen-bond acceptors (Lipinski definition) is 3. The summed E-state index contributed by atoms with van der Waals surface area (Å²) in [6.45, 7) is 7.73. The number of carbonyl (C=O) groups excluding carboxylic acids is 1. The number of anilines is 2. The highest BCUT2D eigenvalue weighted by Gasteiger charge is 2.23. The van der Waals surface area contributed by atoms with Crippen LogP contribution in [0.1, 0.15) is 66.3 Å². The third kappa shape index (κ3) is 8.83. The molecule has 0 radical (unpaired) electrons. The smallest absolute Gasteiger partial charge is 0.150 e. The topological polar surface area (TPSA) is 23.6 Å². The maximum atomic E-state index is 11.7. The first kappa shape index (κ1) is 35.2. The summed E-state index contributed by atoms with van der Waals surface area (Å²) in [5.41, 5.74) is 14.3. The Balaban J connectivity index is 1.26. The zero-order chi connectivity index (χ0) is 36.4. The van der Waals surface area contributed by atoms with Crippen LogP contribution in [0.5, 0.6) is 0 Å². The standard InChI is InChI=1S/C50H46N2O/c1-38-31-46(51(33-40-15-7-3-8-16-40)34-41-17-9-4-10-18-41)27-29-48(38)50(45-25-23-44(37-53)24-26-45)49-30-28-47(32-39(49)2)52(35-42-19-11-5-12-20-42)36-43-21-13-6-14-22-43/h3-32,37,50H,33-36H2,1-2H3. The van der Waals surface area contributed by atoms with Gasteiger partial charge in [-0.2, -0.15) is 0 Å². The molecule has 0 aromatic heterocycles. The lowest BCUT2D eigenvalue weighted by atomic mass is 9.80. The highest BCUT2D eigenvalue weighted by Crippen LogP contribution is 2.39. The Bertz CT molecular complexity index is 2000. The molecule has 0 fully saturated rings. The summed E-state index contributed by atoms with van der Waals surface area (Å²) < 4.78 is 0. The highest BCUT2D eigenvalue weighted by molar-refractivity contribution is 5.75. The van der Waals surface area contributed by atoms with Crippen LogP contribution in [0.3, 0.4) is 0 Å². The van der Waals surface area contributed by atoms with Crippen LogP contribution in [-0.2, 0) is 26.2 Å². The van der Waals surface area contributed by atoms with Crippen molar-refractivity contribution in [3.8, 4) is 0 Å². The monoisotopic (exact) mass is 690 g/mol. The number of aldehydes is 1. The van der Waals surface area contributed by atoms with Gasteiger partial charge >= 0.3 is 0 Å². The number of nitrogens with zero attached hydrogens (tertiary/aromatic N) is 2. The third-order valence-corrected chi connectivity index (χ3v) is 10.1. The van der Waals surface area contributed by atoms with Crippen molar-refractivity contribution >= 4 is 17.7 Å². The van der Waals surface area contributed by atoms with Gasteiger partial charge in [0, 0.05) is 49.0 Å². The van der Waals surface area contributed by atoms with Gasteiger partial charge in [-0.1, -0.05) is 158 Å². The van der Waals surface area contributed by atoms with E-state index in [1.54, 1.807) is 0 Å². The summed E-state index contributed by atoms with van der Waals surface area (Å²) in [5, 5.41) is 0. The average molecular weight is 691 g/mol. The van der Waals surface area contributed by atoms with Gasteiger partial charge in [0.1, 0.15) is 6.29 Å². The number of hydrogen-bond donors (Lipinski definition) is 0. The molecule has 0 saturated heterocycles. The molecule has 0 amide bonds. The maximum absolute atomic E-state index is 11.7.